The number of aromatic nitrogens is 2. The Morgan fingerprint density at radius 2 is 1.89 bits per heavy atom. The highest BCUT2D eigenvalue weighted by Crippen LogP contribution is 2.25. The van der Waals surface area contributed by atoms with E-state index in [0.717, 1.165) is 25.2 Å². The molecule has 2 aromatic heterocycles. The molecular formula is C21H23N7O14S2. The highest BCUT2D eigenvalue weighted by Gasteiger charge is 2.55. The number of esters is 1. The second kappa shape index (κ2) is 12.5. The number of rotatable bonds is 12. The third-order valence-corrected chi connectivity index (χ3v) is 7.22. The molecule has 2 atom stereocenters. The number of nitrogens with zero attached hydrogens (tertiary/aromatic N) is 4. The summed E-state index contributed by atoms with van der Waals surface area (Å²) in [6, 6.07) is -2.15. The molecule has 0 aliphatic carbocycles. The van der Waals surface area contributed by atoms with E-state index in [9.17, 15) is 57.2 Å². The Bertz CT molecular complexity index is 1710. The van der Waals surface area contributed by atoms with Crippen molar-refractivity contribution in [1.82, 2.24) is 24.7 Å². The number of pyridine rings is 1. The number of amides is 3. The summed E-state index contributed by atoms with van der Waals surface area (Å²) in [4.78, 5) is 81.7. The Morgan fingerprint density at radius 1 is 1.23 bits per heavy atom. The Labute approximate surface area is 249 Å². The van der Waals surface area contributed by atoms with Gasteiger partial charge in [-0.15, -0.1) is 16.1 Å². The van der Waals surface area contributed by atoms with Gasteiger partial charge in [0.2, 0.25) is 5.60 Å². The molecule has 0 bridgehead atoms. The Morgan fingerprint density at radius 3 is 2.45 bits per heavy atom. The van der Waals surface area contributed by atoms with Crippen LogP contribution in [0.4, 0.5) is 5.13 Å². The molecule has 2 aromatic rings. The minimum Gasteiger partial charge on any atom is -0.508 e. The molecule has 1 saturated heterocycles. The van der Waals surface area contributed by atoms with E-state index in [1.165, 1.54) is 5.38 Å². The summed E-state index contributed by atoms with van der Waals surface area (Å²) in [5.41, 5.74) is 0.871. The Kier molecular flexibility index (Phi) is 9.45. The van der Waals surface area contributed by atoms with Crippen molar-refractivity contribution in [1.29, 1.82) is 0 Å². The summed E-state index contributed by atoms with van der Waals surface area (Å²) in [6.07, 6.45) is 0. The number of ether oxygens (including phenoxy) is 1. The third-order valence-electron chi connectivity index (χ3n) is 5.60. The van der Waals surface area contributed by atoms with Gasteiger partial charge in [0.05, 0.1) is 0 Å². The maximum Gasteiger partial charge on any atom is 0.362 e. The lowest BCUT2D eigenvalue weighted by Crippen LogP contribution is -2.73. The number of hydrogen-bond donors (Lipinski definition) is 7. The van der Waals surface area contributed by atoms with Crippen LogP contribution in [0.25, 0.3) is 0 Å². The van der Waals surface area contributed by atoms with Crippen molar-refractivity contribution < 1.29 is 61.9 Å². The second-order valence-corrected chi connectivity index (χ2v) is 11.3. The van der Waals surface area contributed by atoms with E-state index in [-0.39, 0.29) is 19.9 Å². The van der Waals surface area contributed by atoms with Crippen LogP contribution in [0.3, 0.4) is 0 Å². The molecule has 0 radical (unpaired) electrons. The highest BCUT2D eigenvalue weighted by molar-refractivity contribution is 7.84. The van der Waals surface area contributed by atoms with Gasteiger partial charge >= 0.3 is 22.2 Å². The van der Waals surface area contributed by atoms with Gasteiger partial charge in [0.25, 0.3) is 23.3 Å². The summed E-state index contributed by atoms with van der Waals surface area (Å²) in [5.74, 6) is -7.15. The van der Waals surface area contributed by atoms with Crippen LogP contribution in [0.1, 0.15) is 30.0 Å². The van der Waals surface area contributed by atoms with Crippen LogP contribution in [0, 0.1) is 0 Å². The van der Waals surface area contributed by atoms with Gasteiger partial charge in [0, 0.05) is 17.5 Å². The molecular weight excluding hydrogens is 638 g/mol. The predicted molar refractivity (Wildman–Crippen MR) is 143 cm³/mol. The fraction of sp³-hybridized carbons (Fsp3) is 0.333. The van der Waals surface area contributed by atoms with Crippen LogP contribution in [0.5, 0.6) is 5.75 Å². The summed E-state index contributed by atoms with van der Waals surface area (Å²) in [5, 5.41) is 37.1. The largest absolute Gasteiger partial charge is 0.508 e. The molecule has 3 rings (SSSR count). The number of nitrogens with two attached hydrogens (primary N) is 1. The van der Waals surface area contributed by atoms with Gasteiger partial charge in [-0.05, 0) is 13.8 Å². The average Bonchev–Trinajstić information content (AvgIpc) is 3.34. The zero-order valence-electron chi connectivity index (χ0n) is 22.4. The first-order valence-corrected chi connectivity index (χ1v) is 14.0. The van der Waals surface area contributed by atoms with Crippen molar-refractivity contribution in [3.05, 3.63) is 39.3 Å². The smallest absolute Gasteiger partial charge is 0.362 e. The van der Waals surface area contributed by atoms with Crippen LogP contribution in [-0.4, -0.2) is 109 Å². The normalized spacial score (nSPS) is 16.9. The van der Waals surface area contributed by atoms with Crippen LogP contribution in [0.2, 0.25) is 0 Å². The first kappa shape index (κ1) is 33.2. The van der Waals surface area contributed by atoms with Gasteiger partial charge in [-0.1, -0.05) is 5.16 Å². The van der Waals surface area contributed by atoms with Gasteiger partial charge < -0.3 is 41.4 Å². The molecule has 238 valence electrons. The number of nitrogens with one attached hydrogen (secondary N) is 2. The number of β-lactam (4-membered cyclic amide) rings is 1. The van der Waals surface area contributed by atoms with Crippen LogP contribution >= 0.6 is 11.3 Å². The lowest BCUT2D eigenvalue weighted by molar-refractivity contribution is -0.161. The van der Waals surface area contributed by atoms with Gasteiger partial charge in [-0.3, -0.25) is 28.5 Å². The number of hydrogen-bond acceptors (Lipinski definition) is 16. The number of carboxylic acid groups (broad SMARTS) is 1. The third kappa shape index (κ3) is 7.37. The van der Waals surface area contributed by atoms with Gasteiger partial charge in [-0.25, -0.2) is 14.1 Å². The molecule has 3 amide bonds. The second-order valence-electron chi connectivity index (χ2n) is 9.16. The number of carboxylic acids is 1. The molecule has 44 heavy (non-hydrogen) atoms. The molecule has 0 unspecified atom stereocenters. The number of aromatic hydroxyl groups is 1. The first-order chi connectivity index (χ1) is 20.3. The minimum atomic E-state index is -5.22. The summed E-state index contributed by atoms with van der Waals surface area (Å²) in [7, 11) is -5.22. The SMILES string of the molecule is CC(C)(ON=C(C(=O)N[C@@H]1C(=O)N(S(=O)(=O)O)[C@@H]1COC(=O)CNC(=O)c1cc(O)cc(=O)n1O)c1csc(N)n1)C(=O)O. The number of thiazole rings is 1. The zero-order valence-corrected chi connectivity index (χ0v) is 24.0. The summed E-state index contributed by atoms with van der Waals surface area (Å²) in [6.45, 7) is 0.344. The van der Waals surface area contributed by atoms with Gasteiger partial charge in [0.1, 0.15) is 36.7 Å². The quantitative estimate of drug-likeness (QED) is 0.0295. The molecule has 1 aliphatic rings. The van der Waals surface area contributed by atoms with Crippen molar-refractivity contribution in [2.45, 2.75) is 31.5 Å². The molecule has 1 fully saturated rings. The maximum absolute atomic E-state index is 13.1. The standard InChI is InChI=1S/C21H23N7O14S2/c1-21(2,19(35)36)42-26-14(9-7-43-20(22)24-9)17(33)25-15-11(28(18(15)34)44(38,39)40)6-41-13(31)5-23-16(32)10-3-8(29)4-12(30)27(10)37/h3-4,7,11,15,29,37H,5-6H2,1-2H3,(H2,22,24)(H,23,32)(H,25,33)(H,35,36)(H,38,39,40)/t11-,15+/m1/s1. The molecule has 0 saturated carbocycles. The molecule has 1 aliphatic heterocycles. The van der Waals surface area contributed by atoms with E-state index < -0.39 is 93.5 Å². The Balaban J connectivity index is 1.74. The van der Waals surface area contributed by atoms with E-state index in [1.54, 1.807) is 0 Å². The lowest BCUT2D eigenvalue weighted by Gasteiger charge is -2.43. The number of carbonyl (C=O) groups is 5. The van der Waals surface area contributed by atoms with Gasteiger partial charge in [-0.2, -0.15) is 8.42 Å². The fourth-order valence-electron chi connectivity index (χ4n) is 3.32. The topological polar surface area (TPSA) is 319 Å². The van der Waals surface area contributed by atoms with Crippen molar-refractivity contribution in [2.24, 2.45) is 5.16 Å². The van der Waals surface area contributed by atoms with Gasteiger partial charge in [0.15, 0.2) is 16.5 Å². The van der Waals surface area contributed by atoms with Crippen molar-refractivity contribution in [3.8, 4) is 5.75 Å². The van der Waals surface area contributed by atoms with E-state index in [4.69, 9.17) is 15.3 Å². The van der Waals surface area contributed by atoms with Crippen molar-refractivity contribution in [3.63, 3.8) is 0 Å². The average molecular weight is 662 g/mol. The Hall–Kier alpha value is -5.29. The van der Waals surface area contributed by atoms with Crippen LogP contribution in [0.15, 0.2) is 27.5 Å². The summed E-state index contributed by atoms with van der Waals surface area (Å²) >= 11 is 0.868. The lowest BCUT2D eigenvalue weighted by atomic mass is 9.99. The zero-order chi connectivity index (χ0) is 33.1. The van der Waals surface area contributed by atoms with E-state index in [0.29, 0.717) is 12.1 Å². The molecule has 0 aromatic carbocycles. The molecule has 21 nitrogen and oxygen atoms in total. The van der Waals surface area contributed by atoms with E-state index in [2.05, 4.69) is 15.5 Å². The van der Waals surface area contributed by atoms with E-state index in [1.807, 2.05) is 5.32 Å². The number of anilines is 1. The van der Waals surface area contributed by atoms with Crippen LogP contribution < -0.4 is 21.9 Å². The number of nitrogen functional groups attached to an aromatic ring is 1. The monoisotopic (exact) mass is 661 g/mol. The van der Waals surface area contributed by atoms with Crippen LogP contribution in [-0.2, 0) is 39.1 Å². The predicted octanol–water partition coefficient (Wildman–Crippen LogP) is -3.11. The molecule has 0 spiro atoms. The number of aliphatic carboxylic acids is 1. The highest BCUT2D eigenvalue weighted by atomic mass is 32.2. The molecule has 23 heteroatoms. The minimum absolute atomic E-state index is 0.0292. The van der Waals surface area contributed by atoms with E-state index >= 15 is 0 Å². The van der Waals surface area contributed by atoms with Crippen molar-refractivity contribution >= 4 is 62.1 Å². The maximum atomic E-state index is 13.1. The number of carbonyl (C=O) groups excluding carboxylic acids is 4. The fourth-order valence-corrected chi connectivity index (χ4v) is 4.73. The molecule has 8 N–H and O–H groups in total. The summed E-state index contributed by atoms with van der Waals surface area (Å²) < 4.78 is 37.6. The first-order valence-electron chi connectivity index (χ1n) is 11.7. The number of oxime groups is 1. The van der Waals surface area contributed by atoms with Crippen molar-refractivity contribution in [2.75, 3.05) is 18.9 Å². The molecule has 3 heterocycles.